The summed E-state index contributed by atoms with van der Waals surface area (Å²) < 4.78 is 0. The second-order valence-corrected chi connectivity index (χ2v) is 3.14. The number of hydroxylamine groups is 2. The van der Waals surface area contributed by atoms with E-state index in [4.69, 9.17) is 0 Å². The van der Waals surface area contributed by atoms with E-state index in [9.17, 15) is 10.4 Å². The minimum Gasteiger partial charge on any atom is -0.629 e. The maximum absolute atomic E-state index is 11.1. The fourth-order valence-corrected chi connectivity index (χ4v) is 1.28. The molecule has 4 heteroatoms. The molecule has 0 aliphatic carbocycles. The molecule has 1 rings (SSSR count). The summed E-state index contributed by atoms with van der Waals surface area (Å²) in [6.45, 7) is 1.84. The van der Waals surface area contributed by atoms with Crippen molar-refractivity contribution >= 4 is 11.4 Å². The monoisotopic (exact) mass is 182 g/mol. The Hall–Kier alpha value is -0.940. The lowest BCUT2D eigenvalue weighted by Crippen LogP contribution is -2.99. The predicted molar refractivity (Wildman–Crippen MR) is 51.0 cm³/mol. The summed E-state index contributed by atoms with van der Waals surface area (Å²) in [5.41, 5.74) is 2.20. The lowest BCUT2D eigenvalue weighted by atomic mass is 10.2. The molecule has 13 heavy (non-hydrogen) atoms. The van der Waals surface area contributed by atoms with Crippen molar-refractivity contribution in [3.63, 3.8) is 0 Å². The van der Waals surface area contributed by atoms with Gasteiger partial charge in [0.2, 0.25) is 0 Å². The number of hydrogen-bond acceptors (Lipinski definition) is 2. The highest BCUT2D eigenvalue weighted by Gasteiger charge is 2.05. The van der Waals surface area contributed by atoms with Gasteiger partial charge >= 0.3 is 0 Å². The maximum Gasteiger partial charge on any atom is 0.134 e. The zero-order valence-corrected chi connectivity index (χ0v) is 8.05. The lowest BCUT2D eigenvalue weighted by Gasteiger charge is -2.20. The molecule has 0 fully saturated rings. The molecule has 2 unspecified atom stereocenters. The van der Waals surface area contributed by atoms with Gasteiger partial charge < -0.3 is 20.5 Å². The molecule has 1 aromatic rings. The summed E-state index contributed by atoms with van der Waals surface area (Å²) >= 11 is 0. The Labute approximate surface area is 77.5 Å². The van der Waals surface area contributed by atoms with Crippen molar-refractivity contribution in [3.05, 3.63) is 34.2 Å². The van der Waals surface area contributed by atoms with Crippen molar-refractivity contribution in [2.45, 2.75) is 6.92 Å². The van der Waals surface area contributed by atoms with E-state index in [1.54, 1.807) is 18.2 Å². The van der Waals surface area contributed by atoms with Crippen LogP contribution in [0.4, 0.5) is 11.4 Å². The molecule has 2 N–H and O–H groups in total. The fraction of sp³-hybridized carbons (Fsp3) is 0.333. The third-order valence-corrected chi connectivity index (χ3v) is 2.01. The van der Waals surface area contributed by atoms with Gasteiger partial charge in [0.1, 0.15) is 11.4 Å². The first-order valence-corrected chi connectivity index (χ1v) is 4.15. The first kappa shape index (κ1) is 10.1. The molecule has 0 heterocycles. The summed E-state index contributed by atoms with van der Waals surface area (Å²) in [6.07, 6.45) is 0. The molecule has 0 saturated carbocycles. The van der Waals surface area contributed by atoms with Gasteiger partial charge in [-0.3, -0.25) is 0 Å². The number of quaternary nitrogens is 2. The molecule has 0 amide bonds. The number of hydrogen-bond donors (Lipinski definition) is 2. The Morgan fingerprint density at radius 3 is 2.08 bits per heavy atom. The van der Waals surface area contributed by atoms with Crippen LogP contribution in [0.2, 0.25) is 0 Å². The normalized spacial score (nSPS) is 15.5. The lowest BCUT2D eigenvalue weighted by molar-refractivity contribution is -0.754. The van der Waals surface area contributed by atoms with Crippen LogP contribution in [0.1, 0.15) is 5.56 Å². The van der Waals surface area contributed by atoms with Crippen molar-refractivity contribution in [1.82, 2.24) is 0 Å². The van der Waals surface area contributed by atoms with E-state index >= 15 is 0 Å². The Bertz CT molecular complexity index is 298. The smallest absolute Gasteiger partial charge is 0.134 e. The van der Waals surface area contributed by atoms with Crippen LogP contribution in [0.5, 0.6) is 0 Å². The van der Waals surface area contributed by atoms with Gasteiger partial charge in [-0.2, -0.15) is 0 Å². The molecule has 0 saturated heterocycles. The van der Waals surface area contributed by atoms with Crippen LogP contribution in [-0.4, -0.2) is 14.1 Å². The van der Waals surface area contributed by atoms with E-state index in [0.717, 1.165) is 5.56 Å². The van der Waals surface area contributed by atoms with Gasteiger partial charge in [0.05, 0.1) is 14.1 Å². The fourth-order valence-electron chi connectivity index (χ4n) is 1.28. The molecule has 0 bridgehead atoms. The third kappa shape index (κ3) is 2.26. The van der Waals surface area contributed by atoms with Crippen molar-refractivity contribution < 1.29 is 10.1 Å². The van der Waals surface area contributed by atoms with Gasteiger partial charge in [0, 0.05) is 23.8 Å². The maximum atomic E-state index is 11.1. The molecular weight excluding hydrogens is 168 g/mol. The second kappa shape index (κ2) is 3.85. The van der Waals surface area contributed by atoms with E-state index < -0.39 is 0 Å². The summed E-state index contributed by atoms with van der Waals surface area (Å²) in [6, 6.07) is 5.14. The summed E-state index contributed by atoms with van der Waals surface area (Å²) in [7, 11) is 3.04. The Balaban J connectivity index is 3.06. The van der Waals surface area contributed by atoms with Crippen LogP contribution in [0.3, 0.4) is 0 Å². The van der Waals surface area contributed by atoms with Crippen LogP contribution < -0.4 is 10.1 Å². The molecule has 0 radical (unpaired) electrons. The first-order valence-electron chi connectivity index (χ1n) is 4.15. The van der Waals surface area contributed by atoms with Gasteiger partial charge in [-0.15, -0.1) is 0 Å². The van der Waals surface area contributed by atoms with E-state index in [0.29, 0.717) is 11.4 Å². The van der Waals surface area contributed by atoms with E-state index in [2.05, 4.69) is 0 Å². The average Bonchev–Trinajstić information content (AvgIpc) is 2.03. The van der Waals surface area contributed by atoms with Gasteiger partial charge in [-0.05, 0) is 6.92 Å². The molecule has 0 spiro atoms. The Morgan fingerprint density at radius 1 is 1.08 bits per heavy atom. The number of nitrogens with one attached hydrogen (secondary N) is 2. The zero-order valence-electron chi connectivity index (χ0n) is 8.05. The SMILES string of the molecule is Cc1cc([NH+](C)[O-])ccc1[NH+](C)[O-]. The minimum absolute atomic E-state index is 0.0261. The first-order chi connectivity index (χ1) is 6.02. The summed E-state index contributed by atoms with van der Waals surface area (Å²) in [5, 5.41) is 22.1. The van der Waals surface area contributed by atoms with Crippen molar-refractivity contribution in [2.24, 2.45) is 0 Å². The van der Waals surface area contributed by atoms with Crippen LogP contribution in [0.25, 0.3) is 0 Å². The number of rotatable bonds is 2. The van der Waals surface area contributed by atoms with Crippen LogP contribution in [0.15, 0.2) is 18.2 Å². The van der Waals surface area contributed by atoms with Crippen LogP contribution >= 0.6 is 0 Å². The second-order valence-electron chi connectivity index (χ2n) is 3.14. The molecule has 4 nitrogen and oxygen atoms in total. The topological polar surface area (TPSA) is 55.0 Å². The molecule has 2 atom stereocenters. The zero-order chi connectivity index (χ0) is 10.0. The number of benzene rings is 1. The standard InChI is InChI=1S/C9H14N2O2/c1-7-6-8(10(2)12)4-5-9(7)11(3)13/h4-6,10-11H,1-3H3. The highest BCUT2D eigenvalue weighted by Crippen LogP contribution is 2.12. The highest BCUT2D eigenvalue weighted by atomic mass is 16.5. The van der Waals surface area contributed by atoms with E-state index in [1.807, 2.05) is 6.92 Å². The number of aryl methyl sites for hydroxylation is 1. The molecule has 0 aliphatic rings. The van der Waals surface area contributed by atoms with Crippen LogP contribution in [-0.2, 0) is 0 Å². The van der Waals surface area contributed by atoms with Crippen molar-refractivity contribution in [1.29, 1.82) is 0 Å². The largest absolute Gasteiger partial charge is 0.629 e. The van der Waals surface area contributed by atoms with Crippen molar-refractivity contribution in [2.75, 3.05) is 14.1 Å². The minimum atomic E-state index is 0.0261. The highest BCUT2D eigenvalue weighted by molar-refractivity contribution is 5.46. The van der Waals surface area contributed by atoms with Gasteiger partial charge in [-0.1, -0.05) is 0 Å². The molecular formula is C9H14N2O2. The van der Waals surface area contributed by atoms with Gasteiger partial charge in [0.15, 0.2) is 0 Å². The average molecular weight is 182 g/mol. The van der Waals surface area contributed by atoms with Crippen molar-refractivity contribution in [3.8, 4) is 0 Å². The molecule has 0 aromatic heterocycles. The van der Waals surface area contributed by atoms with E-state index in [-0.39, 0.29) is 10.1 Å². The third-order valence-electron chi connectivity index (χ3n) is 2.01. The summed E-state index contributed by atoms with van der Waals surface area (Å²) in [4.78, 5) is 0. The van der Waals surface area contributed by atoms with Gasteiger partial charge in [0.25, 0.3) is 0 Å². The quantitative estimate of drug-likeness (QED) is 0.593. The van der Waals surface area contributed by atoms with Crippen LogP contribution in [0, 0.1) is 17.3 Å². The Morgan fingerprint density at radius 2 is 1.69 bits per heavy atom. The van der Waals surface area contributed by atoms with Gasteiger partial charge in [-0.25, -0.2) is 0 Å². The van der Waals surface area contributed by atoms with E-state index in [1.165, 1.54) is 14.1 Å². The molecule has 0 aliphatic heterocycles. The summed E-state index contributed by atoms with van der Waals surface area (Å²) in [5.74, 6) is 0. The molecule has 72 valence electrons. The Kier molecular flexibility index (Phi) is 3.00. The molecule has 1 aromatic carbocycles. The predicted octanol–water partition coefficient (Wildman–Crippen LogP) is -0.717.